The molecule has 1 N–H and O–H groups in total. The SMILES string of the molecule is Cc1ccccc1CNS(=O)(=O)c1ccc2onc(C(=O)N3CCOCC3)c2c1. The van der Waals surface area contributed by atoms with Crippen LogP contribution in [-0.4, -0.2) is 50.7 Å². The van der Waals surface area contributed by atoms with Gasteiger partial charge < -0.3 is 14.2 Å². The first-order valence-corrected chi connectivity index (χ1v) is 10.7. The van der Waals surface area contributed by atoms with Gasteiger partial charge in [-0.05, 0) is 36.2 Å². The number of fused-ring (bicyclic) bond motifs is 1. The van der Waals surface area contributed by atoms with E-state index in [-0.39, 0.29) is 23.0 Å². The van der Waals surface area contributed by atoms with Crippen LogP contribution < -0.4 is 4.72 Å². The number of sulfonamides is 1. The summed E-state index contributed by atoms with van der Waals surface area (Å²) in [6, 6.07) is 12.0. The maximum absolute atomic E-state index is 12.8. The zero-order chi connectivity index (χ0) is 20.4. The summed E-state index contributed by atoms with van der Waals surface area (Å²) in [5, 5.41) is 4.25. The predicted molar refractivity (Wildman–Crippen MR) is 106 cm³/mol. The Hall–Kier alpha value is -2.75. The van der Waals surface area contributed by atoms with Gasteiger partial charge in [0.1, 0.15) is 0 Å². The first-order valence-electron chi connectivity index (χ1n) is 9.26. The molecule has 0 unspecified atom stereocenters. The lowest BCUT2D eigenvalue weighted by Gasteiger charge is -2.25. The number of ether oxygens (including phenoxy) is 1. The van der Waals surface area contributed by atoms with Crippen LogP contribution in [0.15, 0.2) is 51.9 Å². The monoisotopic (exact) mass is 415 g/mol. The molecule has 2 heterocycles. The first-order chi connectivity index (χ1) is 14.0. The zero-order valence-electron chi connectivity index (χ0n) is 15.9. The van der Waals surface area contributed by atoms with Crippen LogP contribution in [0.1, 0.15) is 21.6 Å². The van der Waals surface area contributed by atoms with E-state index in [0.29, 0.717) is 37.3 Å². The van der Waals surface area contributed by atoms with Gasteiger partial charge in [0.2, 0.25) is 10.0 Å². The van der Waals surface area contributed by atoms with Crippen molar-refractivity contribution in [2.75, 3.05) is 26.3 Å². The van der Waals surface area contributed by atoms with Gasteiger partial charge >= 0.3 is 0 Å². The number of hydrogen-bond donors (Lipinski definition) is 1. The normalized spacial score (nSPS) is 15.0. The second kappa shape index (κ2) is 7.94. The summed E-state index contributed by atoms with van der Waals surface area (Å²) >= 11 is 0. The molecule has 0 atom stereocenters. The molecule has 8 nitrogen and oxygen atoms in total. The number of aromatic nitrogens is 1. The van der Waals surface area contributed by atoms with Crippen molar-refractivity contribution in [3.05, 3.63) is 59.3 Å². The van der Waals surface area contributed by atoms with Gasteiger partial charge in [0, 0.05) is 19.6 Å². The fraction of sp³-hybridized carbons (Fsp3) is 0.300. The van der Waals surface area contributed by atoms with Gasteiger partial charge in [-0.2, -0.15) is 0 Å². The summed E-state index contributed by atoms with van der Waals surface area (Å²) in [6.45, 7) is 3.95. The molecule has 1 aromatic heterocycles. The number of benzene rings is 2. The van der Waals surface area contributed by atoms with Crippen LogP contribution in [0.4, 0.5) is 0 Å². The number of amides is 1. The Balaban J connectivity index is 1.60. The van der Waals surface area contributed by atoms with Gasteiger partial charge in [-0.1, -0.05) is 29.4 Å². The van der Waals surface area contributed by atoms with Crippen LogP contribution in [0.3, 0.4) is 0 Å². The molecular formula is C20H21N3O5S. The maximum atomic E-state index is 12.8. The summed E-state index contributed by atoms with van der Waals surface area (Å²) in [5.74, 6) is -0.297. The Labute approximate surface area is 168 Å². The third kappa shape index (κ3) is 4.02. The molecule has 0 bridgehead atoms. The highest BCUT2D eigenvalue weighted by molar-refractivity contribution is 7.89. The molecular weight excluding hydrogens is 394 g/mol. The van der Waals surface area contributed by atoms with Gasteiger partial charge in [0.05, 0.1) is 23.5 Å². The molecule has 0 spiro atoms. The Morgan fingerprint density at radius 2 is 1.93 bits per heavy atom. The molecule has 3 aromatic rings. The molecule has 1 fully saturated rings. The molecule has 1 saturated heterocycles. The number of nitrogens with one attached hydrogen (secondary N) is 1. The highest BCUT2D eigenvalue weighted by Gasteiger charge is 2.25. The lowest BCUT2D eigenvalue weighted by atomic mass is 10.1. The Morgan fingerprint density at radius 3 is 2.69 bits per heavy atom. The number of morpholine rings is 1. The van der Waals surface area contributed by atoms with E-state index >= 15 is 0 Å². The van der Waals surface area contributed by atoms with Gasteiger partial charge in [0.25, 0.3) is 5.91 Å². The molecule has 2 aromatic carbocycles. The first kappa shape index (κ1) is 19.6. The number of carbonyl (C=O) groups is 1. The van der Waals surface area contributed by atoms with Crippen LogP contribution in [0.25, 0.3) is 11.0 Å². The summed E-state index contributed by atoms with van der Waals surface area (Å²) in [5.41, 5.74) is 2.37. The van der Waals surface area contributed by atoms with Gasteiger partial charge in [0.15, 0.2) is 11.3 Å². The van der Waals surface area contributed by atoms with Gasteiger partial charge in [-0.3, -0.25) is 4.79 Å². The fourth-order valence-corrected chi connectivity index (χ4v) is 4.25. The molecule has 1 aliphatic rings. The maximum Gasteiger partial charge on any atom is 0.276 e. The zero-order valence-corrected chi connectivity index (χ0v) is 16.7. The minimum absolute atomic E-state index is 0.0535. The van der Waals surface area contributed by atoms with Crippen molar-refractivity contribution in [2.45, 2.75) is 18.4 Å². The number of hydrogen-bond acceptors (Lipinski definition) is 6. The fourth-order valence-electron chi connectivity index (χ4n) is 3.22. The van der Waals surface area contributed by atoms with Crippen LogP contribution >= 0.6 is 0 Å². The number of rotatable bonds is 5. The van der Waals surface area contributed by atoms with Crippen LogP contribution in [-0.2, 0) is 21.3 Å². The second-order valence-electron chi connectivity index (χ2n) is 6.84. The second-order valence-corrected chi connectivity index (χ2v) is 8.61. The number of nitrogens with zero attached hydrogens (tertiary/aromatic N) is 2. The molecule has 152 valence electrons. The largest absolute Gasteiger partial charge is 0.378 e. The molecule has 29 heavy (non-hydrogen) atoms. The van der Waals surface area contributed by atoms with Crippen LogP contribution in [0.5, 0.6) is 0 Å². The third-order valence-electron chi connectivity index (χ3n) is 4.97. The summed E-state index contributed by atoms with van der Waals surface area (Å²) in [6.07, 6.45) is 0. The molecule has 0 saturated carbocycles. The van der Waals surface area contributed by atoms with Gasteiger partial charge in [-0.25, -0.2) is 13.1 Å². The lowest BCUT2D eigenvalue weighted by Crippen LogP contribution is -2.40. The van der Waals surface area contributed by atoms with Crippen molar-refractivity contribution in [3.63, 3.8) is 0 Å². The van der Waals surface area contributed by atoms with E-state index in [1.807, 2.05) is 31.2 Å². The lowest BCUT2D eigenvalue weighted by molar-refractivity contribution is 0.0297. The van der Waals surface area contributed by atoms with E-state index in [1.165, 1.54) is 18.2 Å². The van der Waals surface area contributed by atoms with Crippen molar-refractivity contribution in [2.24, 2.45) is 0 Å². The number of carbonyl (C=O) groups excluding carboxylic acids is 1. The van der Waals surface area contributed by atoms with Crippen molar-refractivity contribution < 1.29 is 22.5 Å². The summed E-state index contributed by atoms with van der Waals surface area (Å²) < 4.78 is 38.7. The van der Waals surface area contributed by atoms with E-state index in [1.54, 1.807) is 4.90 Å². The molecule has 1 aliphatic heterocycles. The third-order valence-corrected chi connectivity index (χ3v) is 6.37. The van der Waals surface area contributed by atoms with E-state index in [9.17, 15) is 13.2 Å². The Bertz CT molecular complexity index is 1150. The topological polar surface area (TPSA) is 102 Å². The average Bonchev–Trinajstić information content (AvgIpc) is 3.16. The Morgan fingerprint density at radius 1 is 1.17 bits per heavy atom. The van der Waals surface area contributed by atoms with Crippen molar-refractivity contribution in [3.8, 4) is 0 Å². The molecule has 4 rings (SSSR count). The smallest absolute Gasteiger partial charge is 0.276 e. The highest BCUT2D eigenvalue weighted by atomic mass is 32.2. The molecule has 0 aliphatic carbocycles. The highest BCUT2D eigenvalue weighted by Crippen LogP contribution is 2.24. The van der Waals surface area contributed by atoms with Crippen LogP contribution in [0.2, 0.25) is 0 Å². The summed E-state index contributed by atoms with van der Waals surface area (Å²) in [4.78, 5) is 14.4. The standard InChI is InChI=1S/C20H21N3O5S/c1-14-4-2-3-5-15(14)13-21-29(25,26)16-6-7-18-17(12-16)19(22-28-18)20(24)23-8-10-27-11-9-23/h2-7,12,21H,8-11,13H2,1H3. The number of aryl methyl sites for hydroxylation is 1. The molecule has 1 amide bonds. The van der Waals surface area contributed by atoms with E-state index in [0.717, 1.165) is 11.1 Å². The predicted octanol–water partition coefficient (Wildman–Crippen LogP) is 2.09. The van der Waals surface area contributed by atoms with E-state index in [4.69, 9.17) is 9.26 Å². The average molecular weight is 415 g/mol. The minimum atomic E-state index is -3.78. The van der Waals surface area contributed by atoms with Crippen LogP contribution in [0, 0.1) is 6.92 Å². The Kier molecular flexibility index (Phi) is 5.35. The quantitative estimate of drug-likeness (QED) is 0.685. The van der Waals surface area contributed by atoms with Crippen molar-refractivity contribution in [1.82, 2.24) is 14.8 Å². The minimum Gasteiger partial charge on any atom is -0.378 e. The van der Waals surface area contributed by atoms with Crippen molar-refractivity contribution >= 4 is 26.9 Å². The van der Waals surface area contributed by atoms with Crippen molar-refractivity contribution in [1.29, 1.82) is 0 Å². The summed E-state index contributed by atoms with van der Waals surface area (Å²) in [7, 11) is -3.78. The molecule has 0 radical (unpaired) electrons. The van der Waals surface area contributed by atoms with Gasteiger partial charge in [-0.15, -0.1) is 0 Å². The van der Waals surface area contributed by atoms with E-state index < -0.39 is 10.0 Å². The molecule has 9 heteroatoms. The van der Waals surface area contributed by atoms with E-state index in [2.05, 4.69) is 9.88 Å².